The van der Waals surface area contributed by atoms with Gasteiger partial charge >= 0.3 is 0 Å². The van der Waals surface area contributed by atoms with Crippen molar-refractivity contribution < 1.29 is 4.39 Å². The Morgan fingerprint density at radius 1 is 0.778 bits per heavy atom. The summed E-state index contributed by atoms with van der Waals surface area (Å²) in [4.78, 5) is 9.38. The van der Waals surface area contributed by atoms with Crippen LogP contribution in [0.5, 0.6) is 0 Å². The average molecular weight is 355 g/mol. The molecule has 0 fully saturated rings. The Hall–Kier alpha value is -3.80. The third-order valence-electron chi connectivity index (χ3n) is 4.40. The molecule has 0 aliphatic heterocycles. The monoisotopic (exact) mass is 355 g/mol. The highest BCUT2D eigenvalue weighted by Gasteiger charge is 2.13. The van der Waals surface area contributed by atoms with E-state index in [1.165, 1.54) is 12.1 Å². The molecule has 0 unspecified atom stereocenters. The lowest BCUT2D eigenvalue weighted by molar-refractivity contribution is 0.630. The Morgan fingerprint density at radius 2 is 1.59 bits per heavy atom. The van der Waals surface area contributed by atoms with Gasteiger partial charge in [0, 0.05) is 16.3 Å². The van der Waals surface area contributed by atoms with Gasteiger partial charge in [-0.05, 0) is 30.3 Å². The maximum atomic E-state index is 13.7. The number of para-hydroxylation sites is 1. The van der Waals surface area contributed by atoms with Gasteiger partial charge in [-0.1, -0.05) is 42.5 Å². The molecular weight excluding hydrogens is 341 g/mol. The van der Waals surface area contributed by atoms with Gasteiger partial charge < -0.3 is 5.32 Å². The van der Waals surface area contributed by atoms with E-state index in [4.69, 9.17) is 4.98 Å². The first-order chi connectivity index (χ1) is 13.3. The van der Waals surface area contributed by atoms with E-state index in [1.54, 1.807) is 6.07 Å². The molecule has 130 valence electrons. The maximum Gasteiger partial charge on any atom is 0.162 e. The van der Waals surface area contributed by atoms with Crippen LogP contribution in [0.4, 0.5) is 16.0 Å². The summed E-state index contributed by atoms with van der Waals surface area (Å²) >= 11 is 0. The summed E-state index contributed by atoms with van der Waals surface area (Å²) in [5, 5.41) is 12.0. The Bertz CT molecular complexity index is 1260. The predicted octanol–water partition coefficient (Wildman–Crippen LogP) is 5.06. The van der Waals surface area contributed by atoms with Crippen molar-refractivity contribution in [3.63, 3.8) is 0 Å². The quantitative estimate of drug-likeness (QED) is 0.475. The van der Waals surface area contributed by atoms with Gasteiger partial charge in [0.25, 0.3) is 0 Å². The number of nitrogens with zero attached hydrogens (tertiary/aromatic N) is 3. The van der Waals surface area contributed by atoms with Crippen LogP contribution < -0.4 is 5.32 Å². The summed E-state index contributed by atoms with van der Waals surface area (Å²) < 4.78 is 13.7. The second-order valence-electron chi connectivity index (χ2n) is 6.17. The van der Waals surface area contributed by atoms with Crippen molar-refractivity contribution in [3.05, 3.63) is 78.6 Å². The lowest BCUT2D eigenvalue weighted by Crippen LogP contribution is -2.00. The van der Waals surface area contributed by atoms with Crippen molar-refractivity contribution in [1.82, 2.24) is 20.2 Å². The van der Waals surface area contributed by atoms with Crippen molar-refractivity contribution in [2.45, 2.75) is 0 Å². The molecule has 0 aliphatic rings. The number of hydrogen-bond acceptors (Lipinski definition) is 4. The molecule has 0 bridgehead atoms. The fourth-order valence-corrected chi connectivity index (χ4v) is 3.08. The second kappa shape index (κ2) is 6.17. The van der Waals surface area contributed by atoms with Crippen LogP contribution in [0.3, 0.4) is 0 Å². The summed E-state index contributed by atoms with van der Waals surface area (Å²) in [6.45, 7) is 0. The van der Waals surface area contributed by atoms with Crippen LogP contribution in [0.1, 0.15) is 0 Å². The topological polar surface area (TPSA) is 66.5 Å². The van der Waals surface area contributed by atoms with Gasteiger partial charge in [-0.3, -0.25) is 5.10 Å². The lowest BCUT2D eigenvalue weighted by Gasteiger charge is -2.10. The molecule has 2 N–H and O–H groups in total. The number of rotatable bonds is 3. The number of nitrogens with one attached hydrogen (secondary N) is 2. The molecule has 5 nitrogen and oxygen atoms in total. The van der Waals surface area contributed by atoms with Gasteiger partial charge in [-0.2, -0.15) is 5.10 Å². The van der Waals surface area contributed by atoms with Crippen LogP contribution in [0.15, 0.2) is 72.8 Å². The van der Waals surface area contributed by atoms with Crippen molar-refractivity contribution in [2.24, 2.45) is 0 Å². The number of benzene rings is 3. The van der Waals surface area contributed by atoms with Crippen LogP contribution in [0, 0.1) is 5.82 Å². The van der Waals surface area contributed by atoms with E-state index in [0.29, 0.717) is 22.8 Å². The molecule has 0 spiro atoms. The van der Waals surface area contributed by atoms with E-state index in [2.05, 4.69) is 20.5 Å². The molecule has 0 saturated heterocycles. The van der Waals surface area contributed by atoms with Crippen LogP contribution >= 0.6 is 0 Å². The Morgan fingerprint density at radius 3 is 2.48 bits per heavy atom. The van der Waals surface area contributed by atoms with Gasteiger partial charge in [-0.15, -0.1) is 0 Å². The van der Waals surface area contributed by atoms with E-state index in [9.17, 15) is 4.39 Å². The first-order valence-electron chi connectivity index (χ1n) is 8.51. The highest BCUT2D eigenvalue weighted by molar-refractivity contribution is 5.96. The highest BCUT2D eigenvalue weighted by Crippen LogP contribution is 2.29. The summed E-state index contributed by atoms with van der Waals surface area (Å²) in [7, 11) is 0. The lowest BCUT2D eigenvalue weighted by atomic mass is 10.2. The minimum Gasteiger partial charge on any atom is -0.322 e. The van der Waals surface area contributed by atoms with E-state index in [-0.39, 0.29) is 5.82 Å². The SMILES string of the molecule is Fc1ccc2[nH]nc(Nc3nc(-c4ccccc4)nc4ccccc34)c2c1. The number of fused-ring (bicyclic) bond motifs is 2. The van der Waals surface area contributed by atoms with Crippen molar-refractivity contribution in [1.29, 1.82) is 0 Å². The second-order valence-corrected chi connectivity index (χ2v) is 6.17. The van der Waals surface area contributed by atoms with Gasteiger partial charge in [0.05, 0.1) is 11.0 Å². The van der Waals surface area contributed by atoms with Gasteiger partial charge in [-0.25, -0.2) is 14.4 Å². The highest BCUT2D eigenvalue weighted by atomic mass is 19.1. The molecule has 0 radical (unpaired) electrons. The molecule has 3 aromatic carbocycles. The fraction of sp³-hybridized carbons (Fsp3) is 0. The first kappa shape index (κ1) is 15.5. The summed E-state index contributed by atoms with van der Waals surface area (Å²) in [6, 6.07) is 22.1. The Labute approximate surface area is 153 Å². The third-order valence-corrected chi connectivity index (χ3v) is 4.40. The predicted molar refractivity (Wildman–Crippen MR) is 104 cm³/mol. The molecule has 0 amide bonds. The van der Waals surface area contributed by atoms with Crippen LogP contribution in [-0.4, -0.2) is 20.2 Å². The molecule has 2 heterocycles. The van der Waals surface area contributed by atoms with Crippen molar-refractivity contribution in [3.8, 4) is 11.4 Å². The van der Waals surface area contributed by atoms with E-state index < -0.39 is 0 Å². The third kappa shape index (κ3) is 2.77. The number of hydrogen-bond donors (Lipinski definition) is 2. The molecule has 0 aliphatic carbocycles. The van der Waals surface area contributed by atoms with Gasteiger partial charge in [0.2, 0.25) is 0 Å². The smallest absolute Gasteiger partial charge is 0.162 e. The zero-order chi connectivity index (χ0) is 18.2. The summed E-state index contributed by atoms with van der Waals surface area (Å²) in [5.74, 6) is 1.44. The number of halogens is 1. The van der Waals surface area contributed by atoms with E-state index in [0.717, 1.165) is 22.0 Å². The molecule has 5 rings (SSSR count). The molecule has 5 aromatic rings. The number of anilines is 2. The van der Waals surface area contributed by atoms with Crippen molar-refractivity contribution >= 4 is 33.4 Å². The number of H-pyrrole nitrogens is 1. The number of aromatic amines is 1. The number of aromatic nitrogens is 4. The zero-order valence-electron chi connectivity index (χ0n) is 14.1. The summed E-state index contributed by atoms with van der Waals surface area (Å²) in [5.41, 5.74) is 2.49. The zero-order valence-corrected chi connectivity index (χ0v) is 14.1. The van der Waals surface area contributed by atoms with E-state index >= 15 is 0 Å². The average Bonchev–Trinajstić information content (AvgIpc) is 3.10. The first-order valence-corrected chi connectivity index (χ1v) is 8.51. The molecule has 27 heavy (non-hydrogen) atoms. The van der Waals surface area contributed by atoms with Gasteiger partial charge in [0.1, 0.15) is 11.6 Å². The standard InChI is InChI=1S/C21H14FN5/c22-14-10-11-18-16(12-14)21(27-26-18)25-20-15-8-4-5-9-17(15)23-19(24-20)13-6-2-1-3-7-13/h1-12H,(H2,23,24,25,26,27). The minimum atomic E-state index is -0.315. The normalized spacial score (nSPS) is 11.1. The fourth-order valence-electron chi connectivity index (χ4n) is 3.08. The maximum absolute atomic E-state index is 13.7. The van der Waals surface area contributed by atoms with Crippen molar-refractivity contribution in [2.75, 3.05) is 5.32 Å². The van der Waals surface area contributed by atoms with Crippen LogP contribution in [0.2, 0.25) is 0 Å². The molecule has 2 aromatic heterocycles. The molecule has 6 heteroatoms. The molecule has 0 saturated carbocycles. The summed E-state index contributed by atoms with van der Waals surface area (Å²) in [6.07, 6.45) is 0. The van der Waals surface area contributed by atoms with Gasteiger partial charge in [0.15, 0.2) is 11.6 Å². The molecule has 0 atom stereocenters. The Balaban J connectivity index is 1.68. The van der Waals surface area contributed by atoms with E-state index in [1.807, 2.05) is 54.6 Å². The van der Waals surface area contributed by atoms with Crippen LogP contribution in [0.25, 0.3) is 33.2 Å². The molecular formula is C21H14FN5. The Kier molecular flexibility index (Phi) is 3.53. The largest absolute Gasteiger partial charge is 0.322 e. The van der Waals surface area contributed by atoms with Crippen LogP contribution in [-0.2, 0) is 0 Å². The minimum absolute atomic E-state index is 0.315.